The van der Waals surface area contributed by atoms with Gasteiger partial charge < -0.3 is 15.2 Å². The number of nitrogens with zero attached hydrogens (tertiary/aromatic N) is 3. The monoisotopic (exact) mass is 325 g/mol. The molecule has 124 valence electrons. The van der Waals surface area contributed by atoms with Crippen molar-refractivity contribution in [1.29, 1.82) is 0 Å². The van der Waals surface area contributed by atoms with Crippen LogP contribution < -0.4 is 10.4 Å². The highest BCUT2D eigenvalue weighted by molar-refractivity contribution is 6.02. The van der Waals surface area contributed by atoms with Crippen LogP contribution in [0.2, 0.25) is 0 Å². The van der Waals surface area contributed by atoms with Crippen molar-refractivity contribution in [2.75, 3.05) is 5.32 Å². The average molecular weight is 325 g/mol. The van der Waals surface area contributed by atoms with Crippen LogP contribution in [0.15, 0.2) is 30.3 Å². The molecule has 7 heteroatoms. The second-order valence-corrected chi connectivity index (χ2v) is 5.54. The molecule has 0 aliphatic rings. The number of carbonyl (C=O) groups excluding carboxylic acids is 2. The van der Waals surface area contributed by atoms with Gasteiger partial charge in [-0.15, -0.1) is 0 Å². The van der Waals surface area contributed by atoms with Gasteiger partial charge in [0.2, 0.25) is 5.91 Å². The molecule has 0 bridgehead atoms. The topological polar surface area (TPSA) is 99.9 Å². The number of hydrogen-bond donors (Lipinski definition) is 1. The highest BCUT2D eigenvalue weighted by Gasteiger charge is 2.15. The van der Waals surface area contributed by atoms with Crippen molar-refractivity contribution in [2.45, 2.75) is 32.7 Å². The molecule has 0 aliphatic carbocycles. The molecule has 3 aromatic rings. The van der Waals surface area contributed by atoms with Gasteiger partial charge in [-0.25, -0.2) is 9.67 Å². The zero-order valence-electron chi connectivity index (χ0n) is 13.3. The summed E-state index contributed by atoms with van der Waals surface area (Å²) in [6.07, 6.45) is 0.412. The van der Waals surface area contributed by atoms with E-state index in [1.807, 2.05) is 37.3 Å². The van der Waals surface area contributed by atoms with E-state index in [9.17, 15) is 14.7 Å². The Bertz CT molecular complexity index is 917. The first-order valence-electron chi connectivity index (χ1n) is 7.84. The Morgan fingerprint density at radius 3 is 2.79 bits per heavy atom. The van der Waals surface area contributed by atoms with Crippen molar-refractivity contribution >= 4 is 39.6 Å². The summed E-state index contributed by atoms with van der Waals surface area (Å²) < 4.78 is 1.76. The summed E-state index contributed by atoms with van der Waals surface area (Å²) in [6, 6.07) is 9.65. The standard InChI is InChI=1S/C17H18N4O3/c1-2-9-21-17-12(10-11-5-3-4-6-13(11)18-17)16(20-21)19-14(22)7-8-15(23)24/h3-6,10H,2,7-9H2,1H3,(H,23,24)(H,19,20,22)/p-1. The molecule has 1 amide bonds. The van der Waals surface area contributed by atoms with Crippen LogP contribution >= 0.6 is 0 Å². The maximum Gasteiger partial charge on any atom is 0.225 e. The summed E-state index contributed by atoms with van der Waals surface area (Å²) in [5, 5.41) is 19.3. The number of aromatic nitrogens is 3. The molecular weight excluding hydrogens is 308 g/mol. The number of para-hydroxylation sites is 1. The van der Waals surface area contributed by atoms with E-state index in [0.717, 1.165) is 22.7 Å². The highest BCUT2D eigenvalue weighted by atomic mass is 16.4. The van der Waals surface area contributed by atoms with Crippen molar-refractivity contribution in [3.8, 4) is 0 Å². The summed E-state index contributed by atoms with van der Waals surface area (Å²) in [5.41, 5.74) is 1.56. The summed E-state index contributed by atoms with van der Waals surface area (Å²) in [7, 11) is 0. The molecule has 0 aliphatic heterocycles. The number of aryl methyl sites for hydroxylation is 1. The van der Waals surface area contributed by atoms with E-state index in [4.69, 9.17) is 0 Å². The van der Waals surface area contributed by atoms with Crippen LogP contribution in [0.5, 0.6) is 0 Å². The largest absolute Gasteiger partial charge is 0.550 e. The van der Waals surface area contributed by atoms with E-state index in [-0.39, 0.29) is 12.8 Å². The van der Waals surface area contributed by atoms with Gasteiger partial charge in [0.25, 0.3) is 0 Å². The van der Waals surface area contributed by atoms with Crippen molar-refractivity contribution in [1.82, 2.24) is 14.8 Å². The van der Waals surface area contributed by atoms with E-state index < -0.39 is 11.9 Å². The third-order valence-electron chi connectivity index (χ3n) is 3.67. The summed E-state index contributed by atoms with van der Waals surface area (Å²) in [4.78, 5) is 27.0. The fourth-order valence-corrected chi connectivity index (χ4v) is 2.57. The molecule has 1 aromatic carbocycles. The van der Waals surface area contributed by atoms with Crippen molar-refractivity contribution in [3.05, 3.63) is 30.3 Å². The predicted molar refractivity (Wildman–Crippen MR) is 88.2 cm³/mol. The molecular formula is C17H17N4O3-. The lowest BCUT2D eigenvalue weighted by Crippen LogP contribution is -2.24. The number of aliphatic carboxylic acids is 1. The minimum Gasteiger partial charge on any atom is -0.550 e. The quantitative estimate of drug-likeness (QED) is 0.739. The second kappa shape index (κ2) is 6.66. The normalized spacial score (nSPS) is 11.0. The van der Waals surface area contributed by atoms with Gasteiger partial charge in [0.15, 0.2) is 11.5 Å². The Labute approximate surface area is 138 Å². The molecule has 7 nitrogen and oxygen atoms in total. The average Bonchev–Trinajstić information content (AvgIpc) is 2.88. The molecule has 2 heterocycles. The smallest absolute Gasteiger partial charge is 0.225 e. The van der Waals surface area contributed by atoms with Gasteiger partial charge in [-0.05, 0) is 25.0 Å². The Kier molecular flexibility index (Phi) is 4.41. The van der Waals surface area contributed by atoms with Crippen LogP contribution in [0.3, 0.4) is 0 Å². The van der Waals surface area contributed by atoms with Crippen LogP contribution in [0.25, 0.3) is 21.9 Å². The van der Waals surface area contributed by atoms with Crippen molar-refractivity contribution in [2.24, 2.45) is 0 Å². The molecule has 2 aromatic heterocycles. The summed E-state index contributed by atoms with van der Waals surface area (Å²) in [5.74, 6) is -1.25. The second-order valence-electron chi connectivity index (χ2n) is 5.54. The predicted octanol–water partition coefficient (Wildman–Crippen LogP) is 1.46. The Hall–Kier alpha value is -2.96. The minimum atomic E-state index is -1.25. The van der Waals surface area contributed by atoms with Crippen LogP contribution in [-0.2, 0) is 16.1 Å². The molecule has 0 radical (unpaired) electrons. The molecule has 0 spiro atoms. The van der Waals surface area contributed by atoms with E-state index in [1.165, 1.54) is 0 Å². The number of benzene rings is 1. The molecule has 0 atom stereocenters. The lowest BCUT2D eigenvalue weighted by molar-refractivity contribution is -0.305. The number of carboxylic acid groups (broad SMARTS) is 1. The van der Waals surface area contributed by atoms with Crippen LogP contribution in [0.4, 0.5) is 5.82 Å². The van der Waals surface area contributed by atoms with E-state index in [1.54, 1.807) is 4.68 Å². The number of rotatable bonds is 6. The molecule has 0 unspecified atom stereocenters. The SMILES string of the molecule is CCCn1nc(NC(=O)CCC(=O)[O-])c2cc3ccccc3nc21. The first-order chi connectivity index (χ1) is 11.6. The van der Waals surface area contributed by atoms with Gasteiger partial charge in [0.1, 0.15) is 0 Å². The van der Waals surface area contributed by atoms with Gasteiger partial charge in [0.05, 0.1) is 10.9 Å². The van der Waals surface area contributed by atoms with Gasteiger partial charge >= 0.3 is 0 Å². The number of anilines is 1. The zero-order chi connectivity index (χ0) is 17.1. The molecule has 1 N–H and O–H groups in total. The number of amides is 1. The van der Waals surface area contributed by atoms with Crippen molar-refractivity contribution < 1.29 is 14.7 Å². The fourth-order valence-electron chi connectivity index (χ4n) is 2.57. The minimum absolute atomic E-state index is 0.147. The summed E-state index contributed by atoms with van der Waals surface area (Å²) in [6.45, 7) is 2.71. The van der Waals surface area contributed by atoms with E-state index in [2.05, 4.69) is 15.4 Å². The van der Waals surface area contributed by atoms with Gasteiger partial charge in [0, 0.05) is 24.3 Å². The van der Waals surface area contributed by atoms with Gasteiger partial charge in [-0.1, -0.05) is 25.1 Å². The zero-order valence-corrected chi connectivity index (χ0v) is 13.3. The maximum absolute atomic E-state index is 11.9. The third-order valence-corrected chi connectivity index (χ3v) is 3.67. The highest BCUT2D eigenvalue weighted by Crippen LogP contribution is 2.26. The van der Waals surface area contributed by atoms with E-state index in [0.29, 0.717) is 18.0 Å². The number of carbonyl (C=O) groups is 2. The molecule has 3 rings (SSSR count). The molecule has 0 saturated carbocycles. The van der Waals surface area contributed by atoms with Gasteiger partial charge in [-0.3, -0.25) is 4.79 Å². The van der Waals surface area contributed by atoms with Crippen molar-refractivity contribution in [3.63, 3.8) is 0 Å². The van der Waals surface area contributed by atoms with Gasteiger partial charge in [-0.2, -0.15) is 5.10 Å². The fraction of sp³-hybridized carbons (Fsp3) is 0.294. The lowest BCUT2D eigenvalue weighted by atomic mass is 10.2. The first-order valence-corrected chi connectivity index (χ1v) is 7.84. The van der Waals surface area contributed by atoms with Crippen LogP contribution in [-0.4, -0.2) is 26.6 Å². The van der Waals surface area contributed by atoms with Crippen LogP contribution in [0.1, 0.15) is 26.2 Å². The molecule has 0 saturated heterocycles. The Morgan fingerprint density at radius 1 is 1.25 bits per heavy atom. The molecule has 0 fully saturated rings. The van der Waals surface area contributed by atoms with E-state index >= 15 is 0 Å². The molecule has 24 heavy (non-hydrogen) atoms. The lowest BCUT2D eigenvalue weighted by Gasteiger charge is -2.03. The van der Waals surface area contributed by atoms with Crippen LogP contribution in [0, 0.1) is 0 Å². The maximum atomic E-state index is 11.9. The Morgan fingerprint density at radius 2 is 2.04 bits per heavy atom. The number of pyridine rings is 1. The first kappa shape index (κ1) is 15.9. The number of fused-ring (bicyclic) bond motifs is 2. The number of carboxylic acids is 1. The Balaban J connectivity index is 2.01. The third kappa shape index (κ3) is 3.19. The number of nitrogens with one attached hydrogen (secondary N) is 1. The summed E-state index contributed by atoms with van der Waals surface area (Å²) >= 11 is 0. The number of hydrogen-bond acceptors (Lipinski definition) is 5.